The van der Waals surface area contributed by atoms with Crippen molar-refractivity contribution >= 4 is 17.8 Å². The van der Waals surface area contributed by atoms with Crippen molar-refractivity contribution in [3.63, 3.8) is 0 Å². The van der Waals surface area contributed by atoms with Gasteiger partial charge in [0.05, 0.1) is 12.1 Å². The van der Waals surface area contributed by atoms with Crippen LogP contribution < -0.4 is 16.0 Å². The SMILES string of the molecule is CCC1(CNC(=O)c2ccccc2-c2ccc(C(F)(F)F)cc2)NC(=O)NC1=O. The van der Waals surface area contributed by atoms with Crippen molar-refractivity contribution in [3.8, 4) is 11.1 Å². The van der Waals surface area contributed by atoms with Gasteiger partial charge < -0.3 is 10.6 Å². The number of hydrogen-bond donors (Lipinski definition) is 3. The molecule has 0 saturated carbocycles. The lowest BCUT2D eigenvalue weighted by molar-refractivity contribution is -0.137. The van der Waals surface area contributed by atoms with Crippen molar-refractivity contribution in [2.24, 2.45) is 0 Å². The Morgan fingerprint density at radius 2 is 1.72 bits per heavy atom. The molecule has 6 nitrogen and oxygen atoms in total. The summed E-state index contributed by atoms with van der Waals surface area (Å²) in [5, 5.41) is 7.30. The average Bonchev–Trinajstić information content (AvgIpc) is 2.99. The number of nitrogens with one attached hydrogen (secondary N) is 3. The van der Waals surface area contributed by atoms with E-state index in [4.69, 9.17) is 0 Å². The number of rotatable bonds is 5. The van der Waals surface area contributed by atoms with Gasteiger partial charge in [0, 0.05) is 5.56 Å². The largest absolute Gasteiger partial charge is 0.416 e. The molecular weight excluding hydrogens is 387 g/mol. The molecule has 1 heterocycles. The van der Waals surface area contributed by atoms with Crippen LogP contribution in [0, 0.1) is 0 Å². The maximum atomic E-state index is 12.8. The summed E-state index contributed by atoms with van der Waals surface area (Å²) in [6.45, 7) is 1.58. The van der Waals surface area contributed by atoms with E-state index in [1.807, 2.05) is 0 Å². The van der Waals surface area contributed by atoms with Gasteiger partial charge in [-0.1, -0.05) is 37.3 Å². The third kappa shape index (κ3) is 4.08. The Bertz CT molecular complexity index is 957. The molecule has 1 fully saturated rings. The van der Waals surface area contributed by atoms with E-state index in [1.54, 1.807) is 25.1 Å². The third-order valence-electron chi connectivity index (χ3n) is 4.86. The summed E-state index contributed by atoms with van der Waals surface area (Å²) in [4.78, 5) is 36.2. The molecule has 1 atom stereocenters. The summed E-state index contributed by atoms with van der Waals surface area (Å²) in [5.41, 5.74) is -0.889. The predicted molar refractivity (Wildman–Crippen MR) is 98.9 cm³/mol. The molecule has 0 spiro atoms. The number of benzene rings is 2. The van der Waals surface area contributed by atoms with E-state index in [0.717, 1.165) is 12.1 Å². The van der Waals surface area contributed by atoms with E-state index < -0.39 is 35.1 Å². The molecule has 9 heteroatoms. The van der Waals surface area contributed by atoms with Crippen molar-refractivity contribution in [1.82, 2.24) is 16.0 Å². The second-order valence-electron chi connectivity index (χ2n) is 6.65. The first-order valence-corrected chi connectivity index (χ1v) is 8.85. The number of halogens is 3. The number of carbonyl (C=O) groups excluding carboxylic acids is 3. The van der Waals surface area contributed by atoms with Gasteiger partial charge in [0.1, 0.15) is 5.54 Å². The van der Waals surface area contributed by atoms with Crippen molar-refractivity contribution < 1.29 is 27.6 Å². The number of carbonyl (C=O) groups is 3. The molecule has 1 unspecified atom stereocenters. The van der Waals surface area contributed by atoms with Crippen LogP contribution in [-0.4, -0.2) is 29.9 Å². The van der Waals surface area contributed by atoms with E-state index in [1.165, 1.54) is 18.2 Å². The zero-order valence-corrected chi connectivity index (χ0v) is 15.4. The maximum absolute atomic E-state index is 12.8. The van der Waals surface area contributed by atoms with Gasteiger partial charge in [-0.2, -0.15) is 13.2 Å². The summed E-state index contributed by atoms with van der Waals surface area (Å²) in [6.07, 6.45) is -4.18. The Balaban J connectivity index is 1.82. The Labute approximate surface area is 164 Å². The minimum atomic E-state index is -4.45. The second-order valence-corrected chi connectivity index (χ2v) is 6.65. The molecule has 1 aliphatic heterocycles. The fraction of sp³-hybridized carbons (Fsp3) is 0.250. The van der Waals surface area contributed by atoms with Crippen molar-refractivity contribution in [2.75, 3.05) is 6.54 Å². The van der Waals surface area contributed by atoms with Gasteiger partial charge in [0.25, 0.3) is 11.8 Å². The van der Waals surface area contributed by atoms with Gasteiger partial charge in [-0.3, -0.25) is 14.9 Å². The zero-order chi connectivity index (χ0) is 21.2. The van der Waals surface area contributed by atoms with Crippen LogP contribution in [0.2, 0.25) is 0 Å². The molecule has 0 aliphatic carbocycles. The molecule has 2 aromatic carbocycles. The number of amides is 4. The van der Waals surface area contributed by atoms with Gasteiger partial charge >= 0.3 is 12.2 Å². The average molecular weight is 405 g/mol. The number of alkyl halides is 3. The van der Waals surface area contributed by atoms with Crippen molar-refractivity contribution in [1.29, 1.82) is 0 Å². The van der Waals surface area contributed by atoms with Gasteiger partial charge in [-0.05, 0) is 35.7 Å². The zero-order valence-electron chi connectivity index (χ0n) is 15.4. The molecule has 0 radical (unpaired) electrons. The quantitative estimate of drug-likeness (QED) is 0.668. The molecule has 1 saturated heterocycles. The molecule has 3 N–H and O–H groups in total. The van der Waals surface area contributed by atoms with E-state index in [2.05, 4.69) is 16.0 Å². The van der Waals surface area contributed by atoms with E-state index in [0.29, 0.717) is 11.1 Å². The third-order valence-corrected chi connectivity index (χ3v) is 4.86. The van der Waals surface area contributed by atoms with E-state index in [-0.39, 0.29) is 18.5 Å². The van der Waals surface area contributed by atoms with Gasteiger partial charge in [0.15, 0.2) is 0 Å². The normalized spacial score (nSPS) is 18.9. The topological polar surface area (TPSA) is 87.3 Å². The Hall–Kier alpha value is -3.36. The van der Waals surface area contributed by atoms with Crippen LogP contribution in [0.4, 0.5) is 18.0 Å². The van der Waals surface area contributed by atoms with Crippen molar-refractivity contribution in [2.45, 2.75) is 25.1 Å². The Morgan fingerprint density at radius 1 is 1.07 bits per heavy atom. The van der Waals surface area contributed by atoms with Crippen LogP contribution in [0.1, 0.15) is 29.3 Å². The van der Waals surface area contributed by atoms with Crippen LogP contribution in [0.5, 0.6) is 0 Å². The summed E-state index contributed by atoms with van der Waals surface area (Å²) in [7, 11) is 0. The fourth-order valence-corrected chi connectivity index (χ4v) is 3.12. The highest BCUT2D eigenvalue weighted by molar-refractivity contribution is 6.08. The van der Waals surface area contributed by atoms with Crippen LogP contribution in [-0.2, 0) is 11.0 Å². The monoisotopic (exact) mass is 405 g/mol. The molecule has 3 rings (SSSR count). The molecule has 152 valence electrons. The lowest BCUT2D eigenvalue weighted by atomic mass is 9.95. The minimum Gasteiger partial charge on any atom is -0.349 e. The van der Waals surface area contributed by atoms with Crippen LogP contribution >= 0.6 is 0 Å². The lowest BCUT2D eigenvalue weighted by Gasteiger charge is -2.24. The maximum Gasteiger partial charge on any atom is 0.416 e. The fourth-order valence-electron chi connectivity index (χ4n) is 3.12. The number of hydrogen-bond acceptors (Lipinski definition) is 3. The highest BCUT2D eigenvalue weighted by Gasteiger charge is 2.44. The summed E-state index contributed by atoms with van der Waals surface area (Å²) < 4.78 is 38.3. The summed E-state index contributed by atoms with van der Waals surface area (Å²) >= 11 is 0. The van der Waals surface area contributed by atoms with Gasteiger partial charge in [0.2, 0.25) is 0 Å². The number of imide groups is 1. The minimum absolute atomic E-state index is 0.124. The van der Waals surface area contributed by atoms with Crippen molar-refractivity contribution in [3.05, 3.63) is 59.7 Å². The Kier molecular flexibility index (Phi) is 5.32. The molecule has 1 aliphatic rings. The number of urea groups is 1. The molecule has 0 aromatic heterocycles. The highest BCUT2D eigenvalue weighted by atomic mass is 19.4. The summed E-state index contributed by atoms with van der Waals surface area (Å²) in [5.74, 6) is -1.04. The molecular formula is C20H18F3N3O3. The van der Waals surface area contributed by atoms with E-state index in [9.17, 15) is 27.6 Å². The van der Waals surface area contributed by atoms with Crippen LogP contribution in [0.15, 0.2) is 48.5 Å². The summed E-state index contributed by atoms with van der Waals surface area (Å²) in [6, 6.07) is 10.3. The first-order valence-electron chi connectivity index (χ1n) is 8.85. The molecule has 29 heavy (non-hydrogen) atoms. The van der Waals surface area contributed by atoms with Gasteiger partial charge in [-0.15, -0.1) is 0 Å². The Morgan fingerprint density at radius 3 is 2.28 bits per heavy atom. The first-order chi connectivity index (χ1) is 13.7. The van der Waals surface area contributed by atoms with E-state index >= 15 is 0 Å². The standard InChI is InChI=1S/C20H18F3N3O3/c1-2-19(17(28)25-18(29)26-19)11-24-16(27)15-6-4-3-5-14(15)12-7-9-13(10-8-12)20(21,22)23/h3-10H,2,11H2,1H3,(H,24,27)(H2,25,26,28,29). The second kappa shape index (κ2) is 7.57. The molecule has 4 amide bonds. The van der Waals surface area contributed by atoms with Crippen LogP contribution in [0.25, 0.3) is 11.1 Å². The lowest BCUT2D eigenvalue weighted by Crippen LogP contribution is -2.54. The molecule has 0 bridgehead atoms. The highest BCUT2D eigenvalue weighted by Crippen LogP contribution is 2.32. The van der Waals surface area contributed by atoms with Gasteiger partial charge in [-0.25, -0.2) is 4.79 Å². The molecule has 2 aromatic rings. The predicted octanol–water partition coefficient (Wildman–Crippen LogP) is 3.09. The first kappa shape index (κ1) is 20.4. The smallest absolute Gasteiger partial charge is 0.349 e. The van der Waals surface area contributed by atoms with Crippen LogP contribution in [0.3, 0.4) is 0 Å².